The van der Waals surface area contributed by atoms with Crippen molar-refractivity contribution in [2.24, 2.45) is 5.41 Å². The Morgan fingerprint density at radius 1 is 1.27 bits per heavy atom. The second-order valence-electron chi connectivity index (χ2n) is 5.38. The molecule has 0 radical (unpaired) electrons. The average Bonchev–Trinajstić information content (AvgIpc) is 2.14. The zero-order valence-electron chi connectivity index (χ0n) is 10.5. The molecule has 0 saturated carbocycles. The van der Waals surface area contributed by atoms with E-state index in [1.807, 2.05) is 0 Å². The molecule has 15 heavy (non-hydrogen) atoms. The van der Waals surface area contributed by atoms with E-state index in [0.717, 1.165) is 6.04 Å². The average molecular weight is 252 g/mol. The van der Waals surface area contributed by atoms with Crippen molar-refractivity contribution in [3.63, 3.8) is 0 Å². The molecule has 0 spiro atoms. The Morgan fingerprint density at radius 3 is 2.20 bits per heavy atom. The van der Waals surface area contributed by atoms with E-state index in [0.29, 0.717) is 11.5 Å². The largest absolute Gasteiger partial charge is 0.311 e. The van der Waals surface area contributed by atoms with Crippen molar-refractivity contribution in [1.29, 1.82) is 0 Å². The van der Waals surface area contributed by atoms with Crippen molar-refractivity contribution in [3.05, 3.63) is 0 Å². The molecule has 0 bridgehead atoms. The van der Waals surface area contributed by atoms with Gasteiger partial charge in [0.2, 0.25) is 0 Å². The summed E-state index contributed by atoms with van der Waals surface area (Å²) in [6, 6.07) is 1.45. The van der Waals surface area contributed by atoms with Gasteiger partial charge in [0.05, 0.1) is 0 Å². The number of hydrogen-bond donors (Lipinski definition) is 1. The van der Waals surface area contributed by atoms with Gasteiger partial charge >= 0.3 is 0 Å². The molecule has 92 valence electrons. The number of rotatable bonds is 3. The van der Waals surface area contributed by atoms with Gasteiger partial charge in [-0.15, -0.1) is 12.4 Å². The van der Waals surface area contributed by atoms with E-state index in [4.69, 9.17) is 0 Å². The van der Waals surface area contributed by atoms with E-state index in [1.54, 1.807) is 0 Å². The Bertz CT molecular complexity index is 161. The first kappa shape index (κ1) is 15.6. The van der Waals surface area contributed by atoms with Gasteiger partial charge in [-0.1, -0.05) is 27.7 Å². The second-order valence-corrected chi connectivity index (χ2v) is 6.60. The Balaban J connectivity index is 0.00000196. The Labute approximate surface area is 106 Å². The first-order chi connectivity index (χ1) is 6.54. The zero-order chi connectivity index (χ0) is 10.6. The molecule has 1 nitrogen and oxygen atoms in total. The molecule has 1 N–H and O–H groups in total. The van der Waals surface area contributed by atoms with Gasteiger partial charge in [0.25, 0.3) is 0 Å². The molecular formula is C12H26ClNS. The lowest BCUT2D eigenvalue weighted by atomic mass is 9.84. The summed E-state index contributed by atoms with van der Waals surface area (Å²) in [6.07, 6.45) is 3.96. The van der Waals surface area contributed by atoms with Gasteiger partial charge in [-0.2, -0.15) is 11.8 Å². The minimum atomic E-state index is 0. The molecule has 0 aromatic heterocycles. The predicted octanol–water partition coefficient (Wildman–Crippen LogP) is 3.72. The van der Waals surface area contributed by atoms with Crippen LogP contribution < -0.4 is 5.32 Å². The van der Waals surface area contributed by atoms with Crippen molar-refractivity contribution >= 4 is 24.2 Å². The van der Waals surface area contributed by atoms with Crippen molar-refractivity contribution in [2.75, 3.05) is 11.5 Å². The van der Waals surface area contributed by atoms with Crippen molar-refractivity contribution in [3.8, 4) is 0 Å². The Kier molecular flexibility index (Phi) is 7.31. The predicted molar refractivity (Wildman–Crippen MR) is 74.3 cm³/mol. The van der Waals surface area contributed by atoms with Crippen LogP contribution in [0.5, 0.6) is 0 Å². The van der Waals surface area contributed by atoms with Crippen LogP contribution in [0, 0.1) is 5.41 Å². The Morgan fingerprint density at radius 2 is 1.80 bits per heavy atom. The molecule has 0 aromatic carbocycles. The molecule has 1 aliphatic heterocycles. The molecule has 1 unspecified atom stereocenters. The maximum Gasteiger partial charge on any atom is 0.0116 e. The fourth-order valence-corrected chi connectivity index (χ4v) is 3.24. The summed E-state index contributed by atoms with van der Waals surface area (Å²) in [5, 5.41) is 3.83. The topological polar surface area (TPSA) is 12.0 Å². The van der Waals surface area contributed by atoms with Crippen molar-refractivity contribution in [2.45, 2.75) is 59.0 Å². The van der Waals surface area contributed by atoms with E-state index in [2.05, 4.69) is 44.8 Å². The first-order valence-electron chi connectivity index (χ1n) is 5.88. The highest BCUT2D eigenvalue weighted by Gasteiger charge is 2.25. The van der Waals surface area contributed by atoms with Crippen molar-refractivity contribution in [1.82, 2.24) is 5.32 Å². The normalized spacial score (nSPS) is 20.8. The van der Waals surface area contributed by atoms with E-state index in [1.165, 1.54) is 30.8 Å². The summed E-state index contributed by atoms with van der Waals surface area (Å²) in [5.74, 6) is 2.69. The minimum absolute atomic E-state index is 0. The fraction of sp³-hybridized carbons (Fsp3) is 1.00. The molecular weight excluding hydrogens is 226 g/mol. The van der Waals surface area contributed by atoms with Gasteiger partial charge in [0.1, 0.15) is 0 Å². The summed E-state index contributed by atoms with van der Waals surface area (Å²) in [5.41, 5.74) is 0.402. The molecule has 1 aliphatic rings. The van der Waals surface area contributed by atoms with Crippen LogP contribution in [0.25, 0.3) is 0 Å². The van der Waals surface area contributed by atoms with Crippen LogP contribution in [-0.4, -0.2) is 23.6 Å². The maximum absolute atomic E-state index is 3.83. The van der Waals surface area contributed by atoms with Gasteiger partial charge < -0.3 is 5.32 Å². The molecule has 0 aromatic rings. The van der Waals surface area contributed by atoms with E-state index >= 15 is 0 Å². The number of thioether (sulfide) groups is 1. The SMILES string of the molecule is CCC(NC1CCSCC1)C(C)(C)C.Cl. The number of halogens is 1. The van der Waals surface area contributed by atoms with E-state index in [-0.39, 0.29) is 12.4 Å². The third kappa shape index (κ3) is 5.46. The van der Waals surface area contributed by atoms with Crippen LogP contribution in [0.3, 0.4) is 0 Å². The highest BCUT2D eigenvalue weighted by Crippen LogP contribution is 2.24. The molecule has 1 fully saturated rings. The maximum atomic E-state index is 3.83. The number of hydrogen-bond acceptors (Lipinski definition) is 2. The highest BCUT2D eigenvalue weighted by atomic mass is 35.5. The summed E-state index contributed by atoms with van der Waals surface area (Å²) < 4.78 is 0. The third-order valence-corrected chi connectivity index (χ3v) is 4.16. The molecule has 1 heterocycles. The molecule has 0 amide bonds. The molecule has 0 aliphatic carbocycles. The lowest BCUT2D eigenvalue weighted by molar-refractivity contribution is 0.234. The summed E-state index contributed by atoms with van der Waals surface area (Å²) in [4.78, 5) is 0. The van der Waals surface area contributed by atoms with Gasteiger partial charge in [-0.3, -0.25) is 0 Å². The zero-order valence-corrected chi connectivity index (χ0v) is 12.1. The van der Waals surface area contributed by atoms with Crippen LogP contribution in [0.1, 0.15) is 47.0 Å². The van der Waals surface area contributed by atoms with Crippen LogP contribution in [0.2, 0.25) is 0 Å². The number of nitrogens with one attached hydrogen (secondary N) is 1. The van der Waals surface area contributed by atoms with Gasteiger partial charge in [-0.25, -0.2) is 0 Å². The summed E-state index contributed by atoms with van der Waals surface area (Å²) >= 11 is 2.10. The van der Waals surface area contributed by atoms with E-state index < -0.39 is 0 Å². The summed E-state index contributed by atoms with van der Waals surface area (Å²) in [7, 11) is 0. The highest BCUT2D eigenvalue weighted by molar-refractivity contribution is 7.99. The molecule has 1 atom stereocenters. The lowest BCUT2D eigenvalue weighted by Crippen LogP contribution is -2.46. The van der Waals surface area contributed by atoms with E-state index in [9.17, 15) is 0 Å². The summed E-state index contributed by atoms with van der Waals surface area (Å²) in [6.45, 7) is 9.31. The molecule has 1 rings (SSSR count). The van der Waals surface area contributed by atoms with Crippen LogP contribution in [0.15, 0.2) is 0 Å². The second kappa shape index (κ2) is 7.03. The van der Waals surface area contributed by atoms with Gasteiger partial charge in [-0.05, 0) is 36.2 Å². The van der Waals surface area contributed by atoms with Gasteiger partial charge in [0, 0.05) is 12.1 Å². The third-order valence-electron chi connectivity index (χ3n) is 3.11. The Hall–Kier alpha value is 0.600. The minimum Gasteiger partial charge on any atom is -0.311 e. The first-order valence-corrected chi connectivity index (χ1v) is 7.03. The lowest BCUT2D eigenvalue weighted by Gasteiger charge is -2.35. The monoisotopic (exact) mass is 251 g/mol. The van der Waals surface area contributed by atoms with Crippen LogP contribution in [-0.2, 0) is 0 Å². The van der Waals surface area contributed by atoms with Crippen molar-refractivity contribution < 1.29 is 0 Å². The molecule has 1 saturated heterocycles. The fourth-order valence-electron chi connectivity index (χ4n) is 2.13. The quantitative estimate of drug-likeness (QED) is 0.821. The van der Waals surface area contributed by atoms with Gasteiger partial charge in [0.15, 0.2) is 0 Å². The molecule has 3 heteroatoms. The van der Waals surface area contributed by atoms with Crippen LogP contribution in [0.4, 0.5) is 0 Å². The smallest absolute Gasteiger partial charge is 0.0116 e. The standard InChI is InChI=1S/C12H25NS.ClH/c1-5-11(12(2,3)4)13-10-6-8-14-9-7-10;/h10-11,13H,5-9H2,1-4H3;1H. The van der Waals surface area contributed by atoms with Crippen LogP contribution >= 0.6 is 24.2 Å².